The van der Waals surface area contributed by atoms with Crippen LogP contribution in [0.2, 0.25) is 0 Å². The van der Waals surface area contributed by atoms with Crippen molar-refractivity contribution in [1.29, 1.82) is 0 Å². The molecule has 0 aromatic rings. The number of likely N-dealkylation sites (tertiary alicyclic amines) is 1. The molecule has 0 bridgehead atoms. The van der Waals surface area contributed by atoms with E-state index in [0.717, 1.165) is 6.54 Å². The number of carbonyl (C=O) groups excluding carboxylic acids is 2. The Morgan fingerprint density at radius 2 is 1.89 bits per heavy atom. The Kier molecular flexibility index (Phi) is 6.72. The van der Waals surface area contributed by atoms with E-state index in [1.165, 1.54) is 32.4 Å². The second kappa shape index (κ2) is 8.08. The van der Waals surface area contributed by atoms with Gasteiger partial charge in [0.25, 0.3) is 0 Å². The number of quaternary nitrogens is 1. The summed E-state index contributed by atoms with van der Waals surface area (Å²) in [7, 11) is 0. The summed E-state index contributed by atoms with van der Waals surface area (Å²) in [6.45, 7) is 5.83. The van der Waals surface area contributed by atoms with E-state index >= 15 is 0 Å². The summed E-state index contributed by atoms with van der Waals surface area (Å²) in [6.07, 6.45) is 4.11. The highest BCUT2D eigenvalue weighted by atomic mass is 16.4. The number of amides is 1. The summed E-state index contributed by atoms with van der Waals surface area (Å²) in [5.41, 5.74) is 0. The van der Waals surface area contributed by atoms with E-state index in [0.29, 0.717) is 6.54 Å². The van der Waals surface area contributed by atoms with Gasteiger partial charge < -0.3 is 20.1 Å². The molecule has 1 fully saturated rings. The normalized spacial score (nSPS) is 18.3. The Bertz CT molecular complexity index is 275. The monoisotopic (exact) mass is 256 g/mol. The number of rotatable bonds is 7. The van der Waals surface area contributed by atoms with Crippen LogP contribution in [0, 0.1) is 5.92 Å². The summed E-state index contributed by atoms with van der Waals surface area (Å²) in [5.74, 6) is -1.30. The lowest BCUT2D eigenvalue weighted by molar-refractivity contribution is -0.903. The Morgan fingerprint density at radius 3 is 2.50 bits per heavy atom. The van der Waals surface area contributed by atoms with Crippen LogP contribution in [0.3, 0.4) is 0 Å². The summed E-state index contributed by atoms with van der Waals surface area (Å²) in [6, 6.07) is 0. The van der Waals surface area contributed by atoms with Gasteiger partial charge in [0.2, 0.25) is 5.91 Å². The van der Waals surface area contributed by atoms with E-state index in [2.05, 4.69) is 5.32 Å². The van der Waals surface area contributed by atoms with Gasteiger partial charge in [-0.3, -0.25) is 4.79 Å². The van der Waals surface area contributed by atoms with Crippen molar-refractivity contribution in [1.82, 2.24) is 5.32 Å². The zero-order valence-electron chi connectivity index (χ0n) is 11.2. The molecular weight excluding hydrogens is 232 g/mol. The fraction of sp³-hybridized carbons (Fsp3) is 0.846. The first-order valence-electron chi connectivity index (χ1n) is 6.88. The zero-order chi connectivity index (χ0) is 13.4. The summed E-state index contributed by atoms with van der Waals surface area (Å²) >= 11 is 0. The molecule has 1 atom stereocenters. The number of carbonyl (C=O) groups is 2. The Labute approximate surface area is 109 Å². The molecule has 0 radical (unpaired) electrons. The van der Waals surface area contributed by atoms with Gasteiger partial charge in [0.1, 0.15) is 0 Å². The predicted molar refractivity (Wildman–Crippen MR) is 65.8 cm³/mol. The van der Waals surface area contributed by atoms with Crippen molar-refractivity contribution in [3.05, 3.63) is 0 Å². The van der Waals surface area contributed by atoms with Crippen molar-refractivity contribution in [2.75, 3.05) is 26.2 Å². The maximum Gasteiger partial charge on any atom is 0.220 e. The summed E-state index contributed by atoms with van der Waals surface area (Å²) in [5, 5.41) is 13.2. The van der Waals surface area contributed by atoms with Crippen LogP contribution in [0.15, 0.2) is 0 Å². The fourth-order valence-corrected chi connectivity index (χ4v) is 2.43. The van der Waals surface area contributed by atoms with Crippen LogP contribution in [-0.2, 0) is 9.59 Å². The van der Waals surface area contributed by atoms with E-state index in [-0.39, 0.29) is 24.7 Å². The molecule has 0 saturated carbocycles. The molecule has 1 aliphatic heterocycles. The number of carboxylic acid groups (broad SMARTS) is 1. The number of piperidine rings is 1. The van der Waals surface area contributed by atoms with Gasteiger partial charge in [-0.2, -0.15) is 0 Å². The second-order valence-corrected chi connectivity index (χ2v) is 5.30. The Balaban J connectivity index is 2.07. The summed E-state index contributed by atoms with van der Waals surface area (Å²) < 4.78 is 0. The van der Waals surface area contributed by atoms with Gasteiger partial charge in [0, 0.05) is 12.4 Å². The molecule has 0 spiro atoms. The zero-order valence-corrected chi connectivity index (χ0v) is 11.2. The van der Waals surface area contributed by atoms with E-state index in [1.54, 1.807) is 11.8 Å². The molecule has 5 heteroatoms. The van der Waals surface area contributed by atoms with Crippen molar-refractivity contribution >= 4 is 11.9 Å². The van der Waals surface area contributed by atoms with Gasteiger partial charge >= 0.3 is 0 Å². The van der Waals surface area contributed by atoms with Crippen molar-refractivity contribution in [3.8, 4) is 0 Å². The molecule has 1 amide bonds. The third-order valence-electron chi connectivity index (χ3n) is 3.41. The molecule has 2 N–H and O–H groups in total. The molecular formula is C13H24N2O3. The van der Waals surface area contributed by atoms with Gasteiger partial charge in [0.05, 0.1) is 26.2 Å². The Morgan fingerprint density at radius 1 is 1.22 bits per heavy atom. The van der Waals surface area contributed by atoms with E-state index < -0.39 is 5.97 Å². The standard InChI is InChI=1S/C13H24N2O3/c1-11(10-13(17)18)9-12(16)14-5-8-15-6-3-2-4-7-15/h11H,2-10H2,1H3,(H,14,16)(H,17,18)/t11-/m0/s1. The molecule has 0 aromatic carbocycles. The Hall–Kier alpha value is -1.10. The molecule has 0 unspecified atom stereocenters. The molecule has 0 aromatic heterocycles. The highest BCUT2D eigenvalue weighted by Crippen LogP contribution is 2.05. The van der Waals surface area contributed by atoms with E-state index in [1.807, 2.05) is 0 Å². The van der Waals surface area contributed by atoms with Gasteiger partial charge in [-0.05, 0) is 31.6 Å². The predicted octanol–water partition coefficient (Wildman–Crippen LogP) is -1.66. The number of carboxylic acids is 1. The number of aliphatic carboxylic acids is 1. The highest BCUT2D eigenvalue weighted by molar-refractivity contribution is 5.76. The van der Waals surface area contributed by atoms with Gasteiger partial charge in [-0.25, -0.2) is 0 Å². The van der Waals surface area contributed by atoms with Crippen LogP contribution >= 0.6 is 0 Å². The van der Waals surface area contributed by atoms with E-state index in [4.69, 9.17) is 0 Å². The SMILES string of the molecule is C[C@H](CC(=O)[O-])CC(=O)NCC[NH+]1CCCCC1. The van der Waals surface area contributed by atoms with Crippen LogP contribution in [0.1, 0.15) is 39.0 Å². The fourth-order valence-electron chi connectivity index (χ4n) is 2.43. The lowest BCUT2D eigenvalue weighted by Crippen LogP contribution is -3.13. The molecule has 1 heterocycles. The molecule has 1 rings (SSSR count). The van der Waals surface area contributed by atoms with Gasteiger partial charge in [0.15, 0.2) is 0 Å². The smallest absolute Gasteiger partial charge is 0.220 e. The van der Waals surface area contributed by atoms with Crippen molar-refractivity contribution < 1.29 is 19.6 Å². The minimum atomic E-state index is -1.09. The van der Waals surface area contributed by atoms with Crippen LogP contribution in [-0.4, -0.2) is 38.1 Å². The molecule has 104 valence electrons. The van der Waals surface area contributed by atoms with Crippen LogP contribution in [0.25, 0.3) is 0 Å². The first-order valence-corrected chi connectivity index (χ1v) is 6.88. The third kappa shape index (κ3) is 6.59. The van der Waals surface area contributed by atoms with Crippen molar-refractivity contribution in [2.24, 2.45) is 5.92 Å². The number of nitrogens with one attached hydrogen (secondary N) is 2. The third-order valence-corrected chi connectivity index (χ3v) is 3.41. The minimum Gasteiger partial charge on any atom is -0.550 e. The van der Waals surface area contributed by atoms with Crippen LogP contribution in [0.4, 0.5) is 0 Å². The van der Waals surface area contributed by atoms with Gasteiger partial charge in [-0.1, -0.05) is 6.92 Å². The molecule has 1 aliphatic rings. The number of hydrogen-bond acceptors (Lipinski definition) is 3. The average molecular weight is 256 g/mol. The summed E-state index contributed by atoms with van der Waals surface area (Å²) in [4.78, 5) is 23.5. The molecule has 0 aliphatic carbocycles. The lowest BCUT2D eigenvalue weighted by atomic mass is 10.0. The quantitative estimate of drug-likeness (QED) is 0.572. The number of hydrogen-bond donors (Lipinski definition) is 2. The first-order chi connectivity index (χ1) is 8.58. The highest BCUT2D eigenvalue weighted by Gasteiger charge is 2.14. The first kappa shape index (κ1) is 15.0. The van der Waals surface area contributed by atoms with Gasteiger partial charge in [-0.15, -0.1) is 0 Å². The largest absolute Gasteiger partial charge is 0.550 e. The van der Waals surface area contributed by atoms with Crippen molar-refractivity contribution in [3.63, 3.8) is 0 Å². The second-order valence-electron chi connectivity index (χ2n) is 5.30. The van der Waals surface area contributed by atoms with Crippen LogP contribution in [0.5, 0.6) is 0 Å². The molecule has 18 heavy (non-hydrogen) atoms. The topological polar surface area (TPSA) is 73.7 Å². The lowest BCUT2D eigenvalue weighted by Gasteiger charge is -2.23. The maximum absolute atomic E-state index is 11.5. The van der Waals surface area contributed by atoms with E-state index in [9.17, 15) is 14.7 Å². The average Bonchev–Trinajstić information content (AvgIpc) is 2.29. The maximum atomic E-state index is 11.5. The molecule has 5 nitrogen and oxygen atoms in total. The van der Waals surface area contributed by atoms with Crippen molar-refractivity contribution in [2.45, 2.75) is 39.0 Å². The minimum absolute atomic E-state index is 0.0508. The van der Waals surface area contributed by atoms with Crippen LogP contribution < -0.4 is 15.3 Å². The molecule has 1 saturated heterocycles.